The van der Waals surface area contributed by atoms with Gasteiger partial charge >= 0.3 is 5.97 Å². The Balaban J connectivity index is 1.70. The SMILES string of the molecule is COC(=O)c1cc(OC)c(OC)cc1NC(=O)COc1ccc(N(Cc2ccc(Cl)cc2)S(C)(=O)=O)cc1. The zero-order valence-electron chi connectivity index (χ0n) is 21.2. The van der Waals surface area contributed by atoms with Crippen LogP contribution in [0, 0.1) is 0 Å². The molecular weight excluding hydrogens is 536 g/mol. The molecule has 3 aromatic rings. The van der Waals surface area contributed by atoms with E-state index in [9.17, 15) is 18.0 Å². The minimum atomic E-state index is -3.59. The first-order chi connectivity index (χ1) is 18.0. The molecule has 38 heavy (non-hydrogen) atoms. The molecular formula is C26H27ClN2O8S. The van der Waals surface area contributed by atoms with Gasteiger partial charge in [0.15, 0.2) is 18.1 Å². The second-order valence-corrected chi connectivity index (χ2v) is 10.3. The van der Waals surface area contributed by atoms with Gasteiger partial charge in [-0.3, -0.25) is 9.10 Å². The number of nitrogens with one attached hydrogen (secondary N) is 1. The van der Waals surface area contributed by atoms with Crippen molar-refractivity contribution in [3.05, 3.63) is 76.8 Å². The number of benzene rings is 3. The zero-order valence-corrected chi connectivity index (χ0v) is 22.8. The molecule has 0 aliphatic heterocycles. The van der Waals surface area contributed by atoms with E-state index in [-0.39, 0.29) is 24.4 Å². The number of methoxy groups -OCH3 is 3. The topological polar surface area (TPSA) is 120 Å². The molecule has 0 bridgehead atoms. The van der Waals surface area contributed by atoms with Gasteiger partial charge in [0.1, 0.15) is 5.75 Å². The number of carbonyl (C=O) groups excluding carboxylic acids is 2. The summed E-state index contributed by atoms with van der Waals surface area (Å²) in [5, 5.41) is 3.16. The van der Waals surface area contributed by atoms with Crippen LogP contribution in [-0.4, -0.2) is 54.5 Å². The number of esters is 1. The Labute approximate surface area is 226 Å². The number of halogens is 1. The predicted octanol–water partition coefficient (Wildman–Crippen LogP) is 4.13. The molecule has 0 saturated carbocycles. The van der Waals surface area contributed by atoms with Crippen LogP contribution in [0.5, 0.6) is 17.2 Å². The Morgan fingerprint density at radius 2 is 1.53 bits per heavy atom. The number of carbonyl (C=O) groups is 2. The molecule has 0 aliphatic carbocycles. The van der Waals surface area contributed by atoms with Gasteiger partial charge < -0.3 is 24.3 Å². The van der Waals surface area contributed by atoms with Crippen LogP contribution in [0.4, 0.5) is 11.4 Å². The van der Waals surface area contributed by atoms with E-state index in [0.717, 1.165) is 11.8 Å². The van der Waals surface area contributed by atoms with E-state index < -0.39 is 21.9 Å². The number of sulfonamides is 1. The monoisotopic (exact) mass is 562 g/mol. The van der Waals surface area contributed by atoms with Crippen molar-refractivity contribution < 1.29 is 37.0 Å². The van der Waals surface area contributed by atoms with Gasteiger partial charge in [-0.1, -0.05) is 23.7 Å². The van der Waals surface area contributed by atoms with Crippen molar-refractivity contribution in [1.82, 2.24) is 0 Å². The first kappa shape index (κ1) is 28.6. The average Bonchev–Trinajstić information content (AvgIpc) is 2.90. The van der Waals surface area contributed by atoms with Crippen molar-refractivity contribution in [3.63, 3.8) is 0 Å². The van der Waals surface area contributed by atoms with Gasteiger partial charge in [0.05, 0.1) is 51.1 Å². The molecule has 1 amide bonds. The van der Waals surface area contributed by atoms with Crippen molar-refractivity contribution in [2.24, 2.45) is 0 Å². The molecule has 0 aromatic heterocycles. The quantitative estimate of drug-likeness (QED) is 0.346. The zero-order chi connectivity index (χ0) is 27.9. The molecule has 0 spiro atoms. The smallest absolute Gasteiger partial charge is 0.340 e. The predicted molar refractivity (Wildman–Crippen MR) is 144 cm³/mol. The summed E-state index contributed by atoms with van der Waals surface area (Å²) in [6.07, 6.45) is 1.12. The van der Waals surface area contributed by atoms with Gasteiger partial charge in [-0.15, -0.1) is 0 Å². The summed E-state index contributed by atoms with van der Waals surface area (Å²) >= 11 is 5.92. The Hall–Kier alpha value is -3.96. The second-order valence-electron chi connectivity index (χ2n) is 7.97. The van der Waals surface area contributed by atoms with E-state index in [1.165, 1.54) is 37.8 Å². The third-order valence-electron chi connectivity index (χ3n) is 5.34. The molecule has 10 nitrogen and oxygen atoms in total. The third kappa shape index (κ3) is 7.30. The molecule has 0 unspecified atom stereocenters. The highest BCUT2D eigenvalue weighted by Crippen LogP contribution is 2.34. The maximum Gasteiger partial charge on any atom is 0.340 e. The van der Waals surface area contributed by atoms with Gasteiger partial charge in [0.25, 0.3) is 5.91 Å². The number of hydrogen-bond donors (Lipinski definition) is 1. The van der Waals surface area contributed by atoms with E-state index in [2.05, 4.69) is 5.32 Å². The van der Waals surface area contributed by atoms with Crippen molar-refractivity contribution in [2.45, 2.75) is 6.54 Å². The molecule has 0 radical (unpaired) electrons. The number of hydrogen-bond acceptors (Lipinski definition) is 8. The largest absolute Gasteiger partial charge is 0.493 e. The first-order valence-corrected chi connectivity index (χ1v) is 13.4. The molecule has 0 atom stereocenters. The van der Waals surface area contributed by atoms with Gasteiger partial charge in [-0.2, -0.15) is 0 Å². The van der Waals surface area contributed by atoms with Gasteiger partial charge in [-0.05, 0) is 42.0 Å². The fourth-order valence-corrected chi connectivity index (χ4v) is 4.47. The fourth-order valence-electron chi connectivity index (χ4n) is 3.46. The summed E-state index contributed by atoms with van der Waals surface area (Å²) in [5.74, 6) is -0.287. The lowest BCUT2D eigenvalue weighted by molar-refractivity contribution is -0.118. The van der Waals surface area contributed by atoms with Gasteiger partial charge in [-0.25, -0.2) is 13.2 Å². The van der Waals surface area contributed by atoms with Crippen LogP contribution < -0.4 is 23.8 Å². The lowest BCUT2D eigenvalue weighted by atomic mass is 10.1. The fraction of sp³-hybridized carbons (Fsp3) is 0.231. The summed E-state index contributed by atoms with van der Waals surface area (Å²) < 4.78 is 46.9. The highest BCUT2D eigenvalue weighted by molar-refractivity contribution is 7.92. The molecule has 12 heteroatoms. The first-order valence-electron chi connectivity index (χ1n) is 11.1. The van der Waals surface area contributed by atoms with Crippen LogP contribution in [0.15, 0.2) is 60.7 Å². The van der Waals surface area contributed by atoms with Crippen LogP contribution in [0.25, 0.3) is 0 Å². The summed E-state index contributed by atoms with van der Waals surface area (Å²) in [5.41, 5.74) is 1.42. The minimum absolute atomic E-state index is 0.0735. The van der Waals surface area contributed by atoms with Crippen LogP contribution in [0.2, 0.25) is 5.02 Å². The minimum Gasteiger partial charge on any atom is -0.493 e. The van der Waals surface area contributed by atoms with Crippen LogP contribution in [0.3, 0.4) is 0 Å². The van der Waals surface area contributed by atoms with Crippen LogP contribution in [0.1, 0.15) is 15.9 Å². The number of nitrogens with zero attached hydrogens (tertiary/aromatic N) is 1. The normalized spacial score (nSPS) is 10.9. The van der Waals surface area contributed by atoms with E-state index in [1.54, 1.807) is 48.5 Å². The summed E-state index contributed by atoms with van der Waals surface area (Å²) in [6, 6.07) is 16.0. The van der Waals surface area contributed by atoms with Crippen LogP contribution in [-0.2, 0) is 26.1 Å². The Kier molecular flexibility index (Phi) is 9.43. The second kappa shape index (κ2) is 12.5. The molecule has 0 fully saturated rings. The highest BCUT2D eigenvalue weighted by atomic mass is 35.5. The highest BCUT2D eigenvalue weighted by Gasteiger charge is 2.20. The van der Waals surface area contributed by atoms with Gasteiger partial charge in [0, 0.05) is 17.2 Å². The van der Waals surface area contributed by atoms with Crippen molar-refractivity contribution in [1.29, 1.82) is 0 Å². The van der Waals surface area contributed by atoms with E-state index >= 15 is 0 Å². The van der Waals surface area contributed by atoms with Crippen LogP contribution >= 0.6 is 11.6 Å². The van der Waals surface area contributed by atoms with Gasteiger partial charge in [0.2, 0.25) is 10.0 Å². The van der Waals surface area contributed by atoms with E-state index in [4.69, 9.17) is 30.5 Å². The Bertz CT molecular complexity index is 1390. The van der Waals surface area contributed by atoms with Crippen molar-refractivity contribution >= 4 is 44.9 Å². The molecule has 202 valence electrons. The number of amides is 1. The average molecular weight is 563 g/mol. The summed E-state index contributed by atoms with van der Waals surface area (Å²) in [4.78, 5) is 24.8. The standard InChI is InChI=1S/C26H27ClN2O8S/c1-34-23-13-21(26(31)36-3)22(14-24(23)35-2)28-25(30)16-37-20-11-9-19(10-12-20)29(38(4,32)33)15-17-5-7-18(27)8-6-17/h5-14H,15-16H2,1-4H3,(H,28,30). The van der Waals surface area contributed by atoms with E-state index in [0.29, 0.717) is 28.0 Å². The third-order valence-corrected chi connectivity index (χ3v) is 6.73. The van der Waals surface area contributed by atoms with E-state index in [1.807, 2.05) is 0 Å². The lowest BCUT2D eigenvalue weighted by Gasteiger charge is -2.23. The lowest BCUT2D eigenvalue weighted by Crippen LogP contribution is -2.29. The molecule has 0 aliphatic rings. The summed E-state index contributed by atoms with van der Waals surface area (Å²) in [7, 11) is 0.480. The Morgan fingerprint density at radius 3 is 2.08 bits per heavy atom. The van der Waals surface area contributed by atoms with Crippen molar-refractivity contribution in [2.75, 3.05) is 43.8 Å². The molecule has 0 saturated heterocycles. The molecule has 1 N–H and O–H groups in total. The number of anilines is 2. The molecule has 3 rings (SSSR count). The number of rotatable bonds is 11. The Morgan fingerprint density at radius 1 is 0.921 bits per heavy atom. The maximum absolute atomic E-state index is 12.6. The maximum atomic E-state index is 12.6. The molecule has 3 aromatic carbocycles. The number of ether oxygens (including phenoxy) is 4. The van der Waals surface area contributed by atoms with Crippen molar-refractivity contribution in [3.8, 4) is 17.2 Å². The summed E-state index contributed by atoms with van der Waals surface area (Å²) in [6.45, 7) is -0.263. The molecule has 0 heterocycles.